The molecule has 122 valence electrons. The number of rotatable bonds is 0. The number of hydrogen-bond acceptors (Lipinski definition) is 4. The number of urea groups is 1. The third-order valence-corrected chi connectivity index (χ3v) is 5.28. The summed E-state index contributed by atoms with van der Waals surface area (Å²) in [6.45, 7) is 0.483. The second kappa shape index (κ2) is 4.91. The molecule has 0 saturated carbocycles. The number of likely N-dealkylation sites (N-methyl/N-ethyl adjacent to an activating group) is 1. The molecule has 3 atom stereocenters. The lowest BCUT2D eigenvalue weighted by molar-refractivity contribution is -0.153. The molecule has 6 nitrogen and oxygen atoms in total. The van der Waals surface area contributed by atoms with Gasteiger partial charge in [0.1, 0.15) is 23.8 Å². The van der Waals surface area contributed by atoms with E-state index >= 15 is 0 Å². The number of carbonyl (C=O) groups excluding carboxylic acids is 2. The van der Waals surface area contributed by atoms with Crippen LogP contribution >= 0.6 is 15.9 Å². The molecule has 1 spiro atoms. The first kappa shape index (κ1) is 14.9. The van der Waals surface area contributed by atoms with Crippen molar-refractivity contribution in [3.63, 3.8) is 0 Å². The second-order valence-corrected chi connectivity index (χ2v) is 6.81. The topological polar surface area (TPSA) is 67.9 Å². The zero-order chi connectivity index (χ0) is 16.4. The fraction of sp³-hybridized carbons (Fsp3) is 0.467. The lowest BCUT2D eigenvalue weighted by Crippen LogP contribution is -2.63. The Kier molecular flexibility index (Phi) is 3.18. The first-order valence-corrected chi connectivity index (χ1v) is 8.12. The molecule has 2 fully saturated rings. The van der Waals surface area contributed by atoms with E-state index in [9.17, 15) is 14.0 Å². The van der Waals surface area contributed by atoms with Gasteiger partial charge in [0.2, 0.25) is 0 Å². The smallest absolute Gasteiger partial charge is 0.325 e. The minimum atomic E-state index is -1.37. The van der Waals surface area contributed by atoms with Crippen molar-refractivity contribution in [1.29, 1.82) is 0 Å². The maximum absolute atomic E-state index is 13.9. The van der Waals surface area contributed by atoms with Crippen molar-refractivity contribution >= 4 is 27.9 Å². The number of amides is 3. The summed E-state index contributed by atoms with van der Waals surface area (Å²) in [6, 6.07) is 2.22. The summed E-state index contributed by atoms with van der Waals surface area (Å²) >= 11 is 3.13. The monoisotopic (exact) mass is 384 g/mol. The van der Waals surface area contributed by atoms with E-state index in [1.165, 1.54) is 19.2 Å². The van der Waals surface area contributed by atoms with E-state index in [-0.39, 0.29) is 10.2 Å². The van der Waals surface area contributed by atoms with Gasteiger partial charge in [0.25, 0.3) is 5.91 Å². The van der Waals surface area contributed by atoms with Gasteiger partial charge in [-0.2, -0.15) is 0 Å². The Hall–Kier alpha value is -1.67. The predicted molar refractivity (Wildman–Crippen MR) is 80.5 cm³/mol. The third kappa shape index (κ3) is 1.88. The number of halogens is 2. The van der Waals surface area contributed by atoms with Crippen LogP contribution in [0.1, 0.15) is 18.4 Å². The molecule has 0 unspecified atom stereocenters. The van der Waals surface area contributed by atoms with Crippen LogP contribution in [0.4, 0.5) is 9.18 Å². The molecule has 0 bridgehead atoms. The molecule has 3 amide bonds. The molecule has 3 aliphatic rings. The van der Waals surface area contributed by atoms with Crippen LogP contribution in [0.5, 0.6) is 5.75 Å². The molecular weight excluding hydrogens is 371 g/mol. The van der Waals surface area contributed by atoms with E-state index in [1.54, 1.807) is 0 Å². The van der Waals surface area contributed by atoms with Gasteiger partial charge in [0.05, 0.1) is 4.47 Å². The summed E-state index contributed by atoms with van der Waals surface area (Å²) in [5.41, 5.74) is -0.961. The molecular formula is C15H14BrFN2O4. The molecule has 0 aromatic heterocycles. The first-order valence-electron chi connectivity index (χ1n) is 7.33. The van der Waals surface area contributed by atoms with Crippen molar-refractivity contribution in [2.75, 3.05) is 13.7 Å². The lowest BCUT2D eigenvalue weighted by atomic mass is 9.77. The van der Waals surface area contributed by atoms with Gasteiger partial charge in [-0.15, -0.1) is 0 Å². The fourth-order valence-electron chi connectivity index (χ4n) is 3.57. The highest BCUT2D eigenvalue weighted by atomic mass is 79.9. The van der Waals surface area contributed by atoms with E-state index in [4.69, 9.17) is 9.47 Å². The van der Waals surface area contributed by atoms with Gasteiger partial charge in [0, 0.05) is 25.3 Å². The van der Waals surface area contributed by atoms with Crippen LogP contribution in [0.25, 0.3) is 0 Å². The van der Waals surface area contributed by atoms with Crippen LogP contribution in [-0.2, 0) is 15.1 Å². The maximum atomic E-state index is 13.9. The molecule has 1 aromatic rings. The Morgan fingerprint density at radius 3 is 2.91 bits per heavy atom. The number of ether oxygens (including phenoxy) is 2. The standard InChI is InChI=1S/C15H14BrFN2O4/c1-19-13(20)15(18-14(19)21)7-5-8(16)9(17)6-11(7)23-10-3-2-4-22-12(10)15/h5-6,10,12H,2-4H2,1H3,(H,18,21)/t10-,12-,15+/m0/s1. The van der Waals surface area contributed by atoms with Crippen LogP contribution in [0.2, 0.25) is 0 Å². The van der Waals surface area contributed by atoms with E-state index in [0.29, 0.717) is 18.6 Å². The highest BCUT2D eigenvalue weighted by Gasteiger charge is 2.63. The quantitative estimate of drug-likeness (QED) is 0.693. The highest BCUT2D eigenvalue weighted by Crippen LogP contribution is 2.47. The number of fused-ring (bicyclic) bond motifs is 4. The molecule has 1 aromatic carbocycles. The van der Waals surface area contributed by atoms with Gasteiger partial charge in [-0.3, -0.25) is 9.69 Å². The van der Waals surface area contributed by atoms with Crippen LogP contribution in [0.3, 0.4) is 0 Å². The minimum absolute atomic E-state index is 0.199. The van der Waals surface area contributed by atoms with Crippen molar-refractivity contribution in [2.24, 2.45) is 0 Å². The van der Waals surface area contributed by atoms with Crippen molar-refractivity contribution in [3.8, 4) is 5.75 Å². The number of nitrogens with one attached hydrogen (secondary N) is 1. The second-order valence-electron chi connectivity index (χ2n) is 5.95. The maximum Gasteiger partial charge on any atom is 0.325 e. The molecule has 8 heteroatoms. The van der Waals surface area contributed by atoms with Crippen molar-refractivity contribution in [2.45, 2.75) is 30.6 Å². The zero-order valence-corrected chi connectivity index (χ0v) is 13.9. The van der Waals surface area contributed by atoms with Crippen LogP contribution < -0.4 is 10.1 Å². The van der Waals surface area contributed by atoms with E-state index in [0.717, 1.165) is 11.3 Å². The molecule has 1 N–H and O–H groups in total. The molecule has 0 aliphatic carbocycles. The Morgan fingerprint density at radius 2 is 2.22 bits per heavy atom. The summed E-state index contributed by atoms with van der Waals surface area (Å²) in [5.74, 6) is -0.636. The third-order valence-electron chi connectivity index (χ3n) is 4.67. The fourth-order valence-corrected chi connectivity index (χ4v) is 3.91. The summed E-state index contributed by atoms with van der Waals surface area (Å²) in [5, 5.41) is 2.76. The zero-order valence-electron chi connectivity index (χ0n) is 12.3. The van der Waals surface area contributed by atoms with Gasteiger partial charge in [-0.05, 0) is 34.8 Å². The molecule has 0 radical (unpaired) electrons. The van der Waals surface area contributed by atoms with Crippen LogP contribution in [0, 0.1) is 5.82 Å². The summed E-state index contributed by atoms with van der Waals surface area (Å²) < 4.78 is 25.8. The minimum Gasteiger partial charge on any atom is -0.487 e. The van der Waals surface area contributed by atoms with Gasteiger partial charge >= 0.3 is 6.03 Å². The number of hydrogen-bond donors (Lipinski definition) is 1. The van der Waals surface area contributed by atoms with Crippen molar-refractivity contribution in [1.82, 2.24) is 10.2 Å². The largest absolute Gasteiger partial charge is 0.487 e. The Labute approximate surface area is 140 Å². The van der Waals surface area contributed by atoms with Crippen molar-refractivity contribution < 1.29 is 23.5 Å². The number of carbonyl (C=O) groups is 2. The predicted octanol–water partition coefficient (Wildman–Crippen LogP) is 1.91. The summed E-state index contributed by atoms with van der Waals surface area (Å²) in [4.78, 5) is 26.0. The highest BCUT2D eigenvalue weighted by molar-refractivity contribution is 9.10. The molecule has 3 heterocycles. The molecule has 2 saturated heterocycles. The molecule has 23 heavy (non-hydrogen) atoms. The van der Waals surface area contributed by atoms with Gasteiger partial charge in [-0.1, -0.05) is 0 Å². The van der Waals surface area contributed by atoms with E-state index in [2.05, 4.69) is 21.2 Å². The van der Waals surface area contributed by atoms with Crippen LogP contribution in [-0.4, -0.2) is 42.7 Å². The van der Waals surface area contributed by atoms with Crippen LogP contribution in [0.15, 0.2) is 16.6 Å². The lowest BCUT2D eigenvalue weighted by Gasteiger charge is -2.46. The van der Waals surface area contributed by atoms with Gasteiger partial charge in [-0.25, -0.2) is 9.18 Å². The Balaban J connectivity index is 1.96. The average molecular weight is 385 g/mol. The summed E-state index contributed by atoms with van der Waals surface area (Å²) in [6.07, 6.45) is 0.412. The van der Waals surface area contributed by atoms with Gasteiger partial charge < -0.3 is 14.8 Å². The first-order chi connectivity index (χ1) is 10.9. The SMILES string of the molecule is CN1C(=O)N[C@]2(C1=O)c1cc(Br)c(F)cc1O[C@H]1CCCO[C@@H]12. The Morgan fingerprint density at radius 1 is 1.43 bits per heavy atom. The Bertz CT molecular complexity index is 728. The van der Waals surface area contributed by atoms with Gasteiger partial charge in [0.15, 0.2) is 5.54 Å². The van der Waals surface area contributed by atoms with Crippen molar-refractivity contribution in [3.05, 3.63) is 28.0 Å². The average Bonchev–Trinajstić information content (AvgIpc) is 2.75. The molecule has 4 rings (SSSR count). The van der Waals surface area contributed by atoms with E-state index < -0.39 is 35.5 Å². The number of imide groups is 1. The summed E-state index contributed by atoms with van der Waals surface area (Å²) in [7, 11) is 1.41. The normalized spacial score (nSPS) is 32.4. The number of nitrogens with zero attached hydrogens (tertiary/aromatic N) is 1. The number of benzene rings is 1. The molecule has 3 aliphatic heterocycles. The van der Waals surface area contributed by atoms with E-state index in [1.807, 2.05) is 0 Å².